The molecule has 1 aliphatic carbocycles. The molecule has 2 aromatic carbocycles. The highest BCUT2D eigenvalue weighted by atomic mass is 16.3. The van der Waals surface area contributed by atoms with Crippen LogP contribution in [0.4, 0.5) is 5.69 Å². The number of nitrogens with one attached hydrogen (secondary N) is 1. The van der Waals surface area contributed by atoms with Gasteiger partial charge in [-0.25, -0.2) is 0 Å². The van der Waals surface area contributed by atoms with Crippen LogP contribution in [0.1, 0.15) is 35.7 Å². The molecular weight excluding hydrogens is 316 g/mol. The summed E-state index contributed by atoms with van der Waals surface area (Å²) in [5.74, 6) is 0.103. The van der Waals surface area contributed by atoms with Gasteiger partial charge in [0.25, 0.3) is 0 Å². The van der Waals surface area contributed by atoms with E-state index in [9.17, 15) is 14.7 Å². The number of hydrogen-bond donors (Lipinski definition) is 2. The van der Waals surface area contributed by atoms with E-state index in [1.165, 1.54) is 6.92 Å². The van der Waals surface area contributed by atoms with Crippen molar-refractivity contribution in [3.05, 3.63) is 59.7 Å². The summed E-state index contributed by atoms with van der Waals surface area (Å²) in [6, 6.07) is 14.5. The highest BCUT2D eigenvalue weighted by molar-refractivity contribution is 5.97. The second-order valence-electron chi connectivity index (χ2n) is 6.49. The van der Waals surface area contributed by atoms with Crippen molar-refractivity contribution in [2.24, 2.45) is 0 Å². The molecule has 5 heteroatoms. The first-order valence-corrected chi connectivity index (χ1v) is 8.44. The third-order valence-electron chi connectivity index (χ3n) is 4.26. The first-order chi connectivity index (χ1) is 12.0. The molecule has 0 unspecified atom stereocenters. The number of amides is 1. The van der Waals surface area contributed by atoms with Gasteiger partial charge in [0, 0.05) is 23.8 Å². The summed E-state index contributed by atoms with van der Waals surface area (Å²) >= 11 is 0. The normalized spacial score (nSPS) is 13.7. The molecule has 0 heterocycles. The van der Waals surface area contributed by atoms with Gasteiger partial charge in [0.15, 0.2) is 5.78 Å². The molecule has 0 bridgehead atoms. The predicted octanol–water partition coefficient (Wildman–Crippen LogP) is 3.20. The average molecular weight is 338 g/mol. The van der Waals surface area contributed by atoms with Gasteiger partial charge in [0.2, 0.25) is 5.91 Å². The summed E-state index contributed by atoms with van der Waals surface area (Å²) in [4.78, 5) is 26.0. The molecule has 0 radical (unpaired) electrons. The molecule has 0 saturated heterocycles. The Balaban J connectivity index is 1.63. The number of benzene rings is 2. The van der Waals surface area contributed by atoms with Crippen LogP contribution in [-0.2, 0) is 11.3 Å². The molecule has 5 nitrogen and oxygen atoms in total. The molecule has 25 heavy (non-hydrogen) atoms. The fourth-order valence-corrected chi connectivity index (χ4v) is 2.84. The van der Waals surface area contributed by atoms with Gasteiger partial charge in [-0.15, -0.1) is 0 Å². The Morgan fingerprint density at radius 2 is 1.92 bits per heavy atom. The van der Waals surface area contributed by atoms with Crippen LogP contribution in [0.5, 0.6) is 5.75 Å². The van der Waals surface area contributed by atoms with Crippen molar-refractivity contribution in [3.63, 3.8) is 0 Å². The van der Waals surface area contributed by atoms with Gasteiger partial charge in [0.05, 0.1) is 6.54 Å². The molecule has 130 valence electrons. The van der Waals surface area contributed by atoms with Gasteiger partial charge in [-0.05, 0) is 49.6 Å². The van der Waals surface area contributed by atoms with Crippen molar-refractivity contribution >= 4 is 17.4 Å². The highest BCUT2D eigenvalue weighted by Crippen LogP contribution is 2.28. The molecule has 1 aliphatic rings. The number of phenolic OH excluding ortho intramolecular Hbond substituents is 1. The second-order valence-corrected chi connectivity index (χ2v) is 6.49. The molecular formula is C20H22N2O3. The lowest BCUT2D eigenvalue weighted by Crippen LogP contribution is -2.34. The molecule has 3 rings (SSSR count). The standard InChI is InChI=1S/C20H22N2O3/c1-14(23)16-5-3-6-17(11-16)21-20(25)13-22(18-8-9-18)12-15-4-2-7-19(24)10-15/h2-7,10-11,18,24H,8-9,12-13H2,1H3,(H,21,25). The zero-order chi connectivity index (χ0) is 17.8. The number of carbonyl (C=O) groups is 2. The van der Waals surface area contributed by atoms with Crippen molar-refractivity contribution < 1.29 is 14.7 Å². The summed E-state index contributed by atoms with van der Waals surface area (Å²) in [7, 11) is 0. The first-order valence-electron chi connectivity index (χ1n) is 8.44. The van der Waals surface area contributed by atoms with Crippen LogP contribution in [0.25, 0.3) is 0 Å². The van der Waals surface area contributed by atoms with E-state index in [4.69, 9.17) is 0 Å². The van der Waals surface area contributed by atoms with E-state index in [0.29, 0.717) is 23.8 Å². The van der Waals surface area contributed by atoms with Crippen molar-refractivity contribution in [3.8, 4) is 5.75 Å². The Morgan fingerprint density at radius 1 is 1.16 bits per heavy atom. The summed E-state index contributed by atoms with van der Waals surface area (Å²) in [6.07, 6.45) is 2.18. The summed E-state index contributed by atoms with van der Waals surface area (Å²) in [5, 5.41) is 12.5. The van der Waals surface area contributed by atoms with Gasteiger partial charge in [-0.2, -0.15) is 0 Å². The van der Waals surface area contributed by atoms with Crippen molar-refractivity contribution in [2.45, 2.75) is 32.4 Å². The quantitative estimate of drug-likeness (QED) is 0.761. The van der Waals surface area contributed by atoms with Gasteiger partial charge in [-0.3, -0.25) is 14.5 Å². The van der Waals surface area contributed by atoms with Gasteiger partial charge in [0.1, 0.15) is 5.75 Å². The molecule has 0 aliphatic heterocycles. The zero-order valence-corrected chi connectivity index (χ0v) is 14.2. The Kier molecular flexibility index (Phi) is 5.14. The molecule has 0 spiro atoms. The van der Waals surface area contributed by atoms with E-state index in [1.807, 2.05) is 12.1 Å². The van der Waals surface area contributed by atoms with Crippen molar-refractivity contribution in [2.75, 3.05) is 11.9 Å². The van der Waals surface area contributed by atoms with E-state index in [1.54, 1.807) is 36.4 Å². The monoisotopic (exact) mass is 338 g/mol. The number of ketones is 1. The molecule has 2 N–H and O–H groups in total. The number of anilines is 1. The van der Waals surface area contributed by atoms with Crippen LogP contribution in [-0.4, -0.2) is 34.3 Å². The Labute approximate surface area is 147 Å². The molecule has 1 amide bonds. The van der Waals surface area contributed by atoms with Crippen LogP contribution < -0.4 is 5.32 Å². The number of nitrogens with zero attached hydrogens (tertiary/aromatic N) is 1. The molecule has 0 atom stereocenters. The number of phenols is 1. The van der Waals surface area contributed by atoms with Crippen LogP contribution in [0.2, 0.25) is 0 Å². The van der Waals surface area contributed by atoms with Crippen LogP contribution in [0, 0.1) is 0 Å². The second kappa shape index (κ2) is 7.49. The van der Waals surface area contributed by atoms with Crippen molar-refractivity contribution in [1.82, 2.24) is 4.90 Å². The van der Waals surface area contributed by atoms with Crippen LogP contribution in [0.3, 0.4) is 0 Å². The molecule has 1 fully saturated rings. The summed E-state index contributed by atoms with van der Waals surface area (Å²) in [6.45, 7) is 2.41. The molecule has 2 aromatic rings. The summed E-state index contributed by atoms with van der Waals surface area (Å²) < 4.78 is 0. The third-order valence-corrected chi connectivity index (χ3v) is 4.26. The number of rotatable bonds is 7. The minimum Gasteiger partial charge on any atom is -0.508 e. The maximum absolute atomic E-state index is 12.4. The minimum atomic E-state index is -0.104. The average Bonchev–Trinajstić information content (AvgIpc) is 3.39. The van der Waals surface area contributed by atoms with Gasteiger partial charge < -0.3 is 10.4 Å². The van der Waals surface area contributed by atoms with E-state index in [2.05, 4.69) is 10.2 Å². The first kappa shape index (κ1) is 17.2. The lowest BCUT2D eigenvalue weighted by Gasteiger charge is -2.21. The van der Waals surface area contributed by atoms with E-state index in [0.717, 1.165) is 18.4 Å². The number of Topliss-reactive ketones (excluding diaryl/α,β-unsaturated/α-hetero) is 1. The largest absolute Gasteiger partial charge is 0.508 e. The Morgan fingerprint density at radius 3 is 2.60 bits per heavy atom. The fraction of sp³-hybridized carbons (Fsp3) is 0.300. The zero-order valence-electron chi connectivity index (χ0n) is 14.2. The van der Waals surface area contributed by atoms with E-state index >= 15 is 0 Å². The van der Waals surface area contributed by atoms with Gasteiger partial charge >= 0.3 is 0 Å². The topological polar surface area (TPSA) is 69.6 Å². The number of hydrogen-bond acceptors (Lipinski definition) is 4. The smallest absolute Gasteiger partial charge is 0.238 e. The fourth-order valence-electron chi connectivity index (χ4n) is 2.84. The van der Waals surface area contributed by atoms with Crippen LogP contribution in [0.15, 0.2) is 48.5 Å². The third kappa shape index (κ3) is 4.90. The molecule has 0 aromatic heterocycles. The van der Waals surface area contributed by atoms with Crippen LogP contribution >= 0.6 is 0 Å². The van der Waals surface area contributed by atoms with Crippen molar-refractivity contribution in [1.29, 1.82) is 0 Å². The SMILES string of the molecule is CC(=O)c1cccc(NC(=O)CN(Cc2cccc(O)c2)C2CC2)c1. The maximum Gasteiger partial charge on any atom is 0.238 e. The lowest BCUT2D eigenvalue weighted by atomic mass is 10.1. The minimum absolute atomic E-state index is 0.0282. The predicted molar refractivity (Wildman–Crippen MR) is 96.6 cm³/mol. The maximum atomic E-state index is 12.4. The number of aromatic hydroxyl groups is 1. The highest BCUT2D eigenvalue weighted by Gasteiger charge is 2.30. The Bertz CT molecular complexity index is 784. The number of carbonyl (C=O) groups excluding carboxylic acids is 2. The lowest BCUT2D eigenvalue weighted by molar-refractivity contribution is -0.117. The molecule has 1 saturated carbocycles. The van der Waals surface area contributed by atoms with E-state index in [-0.39, 0.29) is 24.0 Å². The summed E-state index contributed by atoms with van der Waals surface area (Å²) in [5.41, 5.74) is 2.20. The Hall–Kier alpha value is -2.66. The van der Waals surface area contributed by atoms with Gasteiger partial charge in [-0.1, -0.05) is 24.3 Å². The van der Waals surface area contributed by atoms with E-state index < -0.39 is 0 Å².